The molecule has 6 nitrogen and oxygen atoms in total. The smallest absolute Gasteiger partial charge is 0.243 e. The fourth-order valence-electron chi connectivity index (χ4n) is 2.62. The van der Waals surface area contributed by atoms with Crippen molar-refractivity contribution in [3.8, 4) is 5.75 Å². The average Bonchev–Trinajstić information content (AvgIpc) is 2.67. The number of rotatable bonds is 5. The van der Waals surface area contributed by atoms with E-state index in [4.69, 9.17) is 4.74 Å². The second-order valence-corrected chi connectivity index (χ2v) is 7.77. The van der Waals surface area contributed by atoms with E-state index in [1.54, 1.807) is 30.3 Å². The van der Waals surface area contributed by atoms with Crippen LogP contribution in [0.5, 0.6) is 5.75 Å². The van der Waals surface area contributed by atoms with E-state index < -0.39 is 10.0 Å². The molecule has 0 aliphatic carbocycles. The number of sulfonamides is 1. The first-order valence-corrected chi connectivity index (χ1v) is 9.60. The summed E-state index contributed by atoms with van der Waals surface area (Å²) in [7, 11) is -3.57. The summed E-state index contributed by atoms with van der Waals surface area (Å²) < 4.78 is 31.7. The number of hydrogen-bond donors (Lipinski definition) is 1. The summed E-state index contributed by atoms with van der Waals surface area (Å²) >= 11 is 0. The van der Waals surface area contributed by atoms with Crippen LogP contribution in [0, 0.1) is 0 Å². The predicted molar refractivity (Wildman–Crippen MR) is 97.5 cm³/mol. The largest absolute Gasteiger partial charge is 0.508 e. The van der Waals surface area contributed by atoms with E-state index >= 15 is 0 Å². The molecule has 1 heterocycles. The zero-order valence-corrected chi connectivity index (χ0v) is 14.9. The van der Waals surface area contributed by atoms with Crippen molar-refractivity contribution in [1.29, 1.82) is 0 Å². The fourth-order valence-corrected chi connectivity index (χ4v) is 4.03. The minimum absolute atomic E-state index is 0.122. The van der Waals surface area contributed by atoms with Crippen molar-refractivity contribution in [2.75, 3.05) is 26.3 Å². The molecule has 1 aliphatic rings. The van der Waals surface area contributed by atoms with Crippen LogP contribution in [0.1, 0.15) is 15.9 Å². The number of nitrogens with zero attached hydrogens (tertiary/aromatic N) is 1. The van der Waals surface area contributed by atoms with E-state index in [1.807, 2.05) is 0 Å². The molecule has 0 spiro atoms. The van der Waals surface area contributed by atoms with E-state index in [0.29, 0.717) is 37.4 Å². The van der Waals surface area contributed by atoms with Crippen molar-refractivity contribution in [3.63, 3.8) is 0 Å². The van der Waals surface area contributed by atoms with Gasteiger partial charge in [-0.05, 0) is 48.0 Å². The molecule has 0 amide bonds. The van der Waals surface area contributed by atoms with Crippen LogP contribution in [0.4, 0.5) is 0 Å². The maximum atomic E-state index is 12.6. The number of benzene rings is 2. The summed E-state index contributed by atoms with van der Waals surface area (Å²) in [6.45, 7) is 1.43. The first-order valence-electron chi connectivity index (χ1n) is 8.16. The Hall–Kier alpha value is -2.48. The summed E-state index contributed by atoms with van der Waals surface area (Å²) in [5.41, 5.74) is 1.09. The van der Waals surface area contributed by atoms with Crippen LogP contribution in [0.25, 0.3) is 6.08 Å². The molecular formula is C19H19NO5S. The highest BCUT2D eigenvalue weighted by Gasteiger charge is 2.26. The fraction of sp³-hybridized carbons (Fsp3) is 0.211. The summed E-state index contributed by atoms with van der Waals surface area (Å²) in [6, 6.07) is 12.4. The number of ketones is 1. The second kappa shape index (κ2) is 7.82. The lowest BCUT2D eigenvalue weighted by atomic mass is 10.1. The summed E-state index contributed by atoms with van der Waals surface area (Å²) in [5.74, 6) is -0.124. The van der Waals surface area contributed by atoms with Gasteiger partial charge in [0.05, 0.1) is 18.1 Å². The normalized spacial score (nSPS) is 16.0. The number of hydrogen-bond acceptors (Lipinski definition) is 5. The van der Waals surface area contributed by atoms with Gasteiger partial charge in [0.2, 0.25) is 10.0 Å². The lowest BCUT2D eigenvalue weighted by Crippen LogP contribution is -2.40. The van der Waals surface area contributed by atoms with Crippen LogP contribution in [0.3, 0.4) is 0 Å². The third-order valence-electron chi connectivity index (χ3n) is 4.04. The Labute approximate surface area is 152 Å². The zero-order valence-electron chi connectivity index (χ0n) is 14.0. The lowest BCUT2D eigenvalue weighted by Gasteiger charge is -2.26. The number of carbonyl (C=O) groups excluding carboxylic acids is 1. The van der Waals surface area contributed by atoms with Crippen LogP contribution in [-0.4, -0.2) is 49.9 Å². The highest BCUT2D eigenvalue weighted by molar-refractivity contribution is 7.89. The molecule has 7 heteroatoms. The lowest BCUT2D eigenvalue weighted by molar-refractivity contribution is 0.0730. The highest BCUT2D eigenvalue weighted by atomic mass is 32.2. The van der Waals surface area contributed by atoms with Gasteiger partial charge in [-0.1, -0.05) is 18.2 Å². The van der Waals surface area contributed by atoms with E-state index in [2.05, 4.69) is 0 Å². The Morgan fingerprint density at radius 3 is 2.42 bits per heavy atom. The molecular weight excluding hydrogens is 354 g/mol. The first kappa shape index (κ1) is 18.3. The molecule has 3 rings (SSSR count). The molecule has 2 aromatic carbocycles. The maximum Gasteiger partial charge on any atom is 0.243 e. The van der Waals surface area contributed by atoms with Gasteiger partial charge in [-0.15, -0.1) is 0 Å². The van der Waals surface area contributed by atoms with Crippen molar-refractivity contribution in [3.05, 3.63) is 65.7 Å². The van der Waals surface area contributed by atoms with Crippen LogP contribution in [0.15, 0.2) is 59.5 Å². The number of aromatic hydroxyl groups is 1. The van der Waals surface area contributed by atoms with Gasteiger partial charge >= 0.3 is 0 Å². The maximum absolute atomic E-state index is 12.6. The van der Waals surface area contributed by atoms with Gasteiger partial charge in [-0.3, -0.25) is 4.79 Å². The van der Waals surface area contributed by atoms with E-state index in [1.165, 1.54) is 34.6 Å². The molecule has 0 unspecified atom stereocenters. The third-order valence-corrected chi connectivity index (χ3v) is 5.96. The van der Waals surface area contributed by atoms with Crippen molar-refractivity contribution in [1.82, 2.24) is 4.31 Å². The van der Waals surface area contributed by atoms with Crippen LogP contribution in [0.2, 0.25) is 0 Å². The molecule has 0 radical (unpaired) electrons. The second-order valence-electron chi connectivity index (χ2n) is 5.83. The highest BCUT2D eigenvalue weighted by Crippen LogP contribution is 2.18. The Kier molecular flexibility index (Phi) is 5.51. The Balaban J connectivity index is 1.73. The van der Waals surface area contributed by atoms with Gasteiger partial charge in [0.15, 0.2) is 5.78 Å². The van der Waals surface area contributed by atoms with Gasteiger partial charge in [0.25, 0.3) is 0 Å². The number of carbonyl (C=O) groups is 1. The van der Waals surface area contributed by atoms with Crippen LogP contribution < -0.4 is 0 Å². The number of allylic oxidation sites excluding steroid dienone is 1. The average molecular weight is 373 g/mol. The third kappa shape index (κ3) is 4.19. The predicted octanol–water partition coefficient (Wildman–Crippen LogP) is 2.31. The Morgan fingerprint density at radius 1 is 1.08 bits per heavy atom. The molecule has 26 heavy (non-hydrogen) atoms. The summed E-state index contributed by atoms with van der Waals surface area (Å²) in [4.78, 5) is 12.4. The molecule has 1 aliphatic heterocycles. The molecule has 0 atom stereocenters. The van der Waals surface area contributed by atoms with Crippen molar-refractivity contribution >= 4 is 21.9 Å². The van der Waals surface area contributed by atoms with Gasteiger partial charge in [0.1, 0.15) is 5.75 Å². The minimum Gasteiger partial charge on any atom is -0.508 e. The van der Waals surface area contributed by atoms with Gasteiger partial charge < -0.3 is 9.84 Å². The number of morpholine rings is 1. The molecule has 2 aromatic rings. The quantitative estimate of drug-likeness (QED) is 0.642. The van der Waals surface area contributed by atoms with E-state index in [0.717, 1.165) is 0 Å². The minimum atomic E-state index is -3.57. The number of ether oxygens (including phenoxy) is 1. The molecule has 0 aromatic heterocycles. The standard InChI is InChI=1S/C19H19NO5S/c21-17-3-1-2-15(14-17)4-9-19(22)16-5-7-18(8-6-16)26(23,24)20-10-12-25-13-11-20/h1-9,14,21H,10-13H2/b9-4+. The topological polar surface area (TPSA) is 83.9 Å². The zero-order chi connectivity index (χ0) is 18.6. The molecule has 136 valence electrons. The monoisotopic (exact) mass is 373 g/mol. The molecule has 1 N–H and O–H groups in total. The van der Waals surface area contributed by atoms with E-state index in [-0.39, 0.29) is 16.4 Å². The summed E-state index contributed by atoms with van der Waals surface area (Å²) in [6.07, 6.45) is 2.99. The van der Waals surface area contributed by atoms with Crippen LogP contribution >= 0.6 is 0 Å². The van der Waals surface area contributed by atoms with Crippen molar-refractivity contribution in [2.24, 2.45) is 0 Å². The Morgan fingerprint density at radius 2 is 1.77 bits per heavy atom. The van der Waals surface area contributed by atoms with Crippen molar-refractivity contribution < 1.29 is 23.1 Å². The molecule has 0 saturated carbocycles. The molecule has 1 fully saturated rings. The molecule has 1 saturated heterocycles. The number of phenols is 1. The molecule has 0 bridgehead atoms. The van der Waals surface area contributed by atoms with E-state index in [9.17, 15) is 18.3 Å². The Bertz CT molecular complexity index is 913. The van der Waals surface area contributed by atoms with Gasteiger partial charge in [-0.25, -0.2) is 8.42 Å². The van der Waals surface area contributed by atoms with Crippen LogP contribution in [-0.2, 0) is 14.8 Å². The van der Waals surface area contributed by atoms with Gasteiger partial charge in [-0.2, -0.15) is 4.31 Å². The number of phenolic OH excluding ortho intramolecular Hbond substituents is 1. The SMILES string of the molecule is O=C(/C=C/c1cccc(O)c1)c1ccc(S(=O)(=O)N2CCOCC2)cc1. The van der Waals surface area contributed by atoms with Gasteiger partial charge in [0, 0.05) is 18.7 Å². The van der Waals surface area contributed by atoms with Crippen molar-refractivity contribution in [2.45, 2.75) is 4.90 Å². The summed E-state index contributed by atoms with van der Waals surface area (Å²) in [5, 5.41) is 9.42. The first-order chi connectivity index (χ1) is 12.5.